The molecule has 0 aromatic carbocycles. The molecule has 2 aliphatic heterocycles. The van der Waals surface area contributed by atoms with Crippen molar-refractivity contribution in [3.8, 4) is 0 Å². The van der Waals surface area contributed by atoms with E-state index in [2.05, 4.69) is 25.8 Å². The molecule has 8 nitrogen and oxygen atoms in total. The Balaban J connectivity index is 2.08. The van der Waals surface area contributed by atoms with Crippen molar-refractivity contribution in [2.75, 3.05) is 40.4 Å². The predicted molar refractivity (Wildman–Crippen MR) is 113 cm³/mol. The minimum atomic E-state index is -0.568. The third kappa shape index (κ3) is 5.91. The molecule has 2 rings (SSSR count). The number of carbonyl (C=O) groups excluding carboxylic acids is 3. The number of likely N-dealkylation sites (N-methyl/N-ethyl adjacent to an activating group) is 1. The highest BCUT2D eigenvalue weighted by atomic mass is 32.1. The van der Waals surface area contributed by atoms with E-state index in [1.54, 1.807) is 19.0 Å². The van der Waals surface area contributed by atoms with Crippen molar-refractivity contribution in [3.63, 3.8) is 0 Å². The van der Waals surface area contributed by atoms with Crippen LogP contribution in [0, 0.1) is 5.92 Å². The van der Waals surface area contributed by atoms with Gasteiger partial charge >= 0.3 is 12.2 Å². The van der Waals surface area contributed by atoms with Crippen LogP contribution in [-0.2, 0) is 14.3 Å². The van der Waals surface area contributed by atoms with Crippen LogP contribution < -0.4 is 0 Å². The number of likely N-dealkylation sites (tertiary alicyclic amines) is 2. The number of amides is 3. The summed E-state index contributed by atoms with van der Waals surface area (Å²) in [5.74, 6) is -0.0673. The molecule has 2 heterocycles. The maximum Gasteiger partial charge on any atom is 0.410 e. The molecule has 4 atom stereocenters. The zero-order valence-corrected chi connectivity index (χ0v) is 18.1. The van der Waals surface area contributed by atoms with E-state index >= 15 is 0 Å². The van der Waals surface area contributed by atoms with E-state index in [9.17, 15) is 14.4 Å². The predicted octanol–water partition coefficient (Wildman–Crippen LogP) is 2.17. The number of carbonyl (C=O) groups is 3. The summed E-state index contributed by atoms with van der Waals surface area (Å²) >= 11 is 4.53. The first-order valence-electron chi connectivity index (χ1n) is 9.76. The zero-order valence-electron chi connectivity index (χ0n) is 17.2. The van der Waals surface area contributed by atoms with Gasteiger partial charge in [0.25, 0.3) is 0 Å². The normalized spacial score (nSPS) is 26.2. The van der Waals surface area contributed by atoms with Crippen molar-refractivity contribution in [1.29, 1.82) is 0 Å². The standard InChI is InChI=1S/C20H31N3O5S/c1-5-7-27-19(25)22-13-16(29)11-15(22)9-14-10-17(18(24)21(3)4)23(12-14)20(26)28-8-6-2/h5-6,14-17,29H,1-2,7-13H2,3-4H3/t14?,15-,16+,17?/m1/s1. The van der Waals surface area contributed by atoms with E-state index in [0.717, 1.165) is 6.42 Å². The van der Waals surface area contributed by atoms with Crippen LogP contribution in [0.5, 0.6) is 0 Å². The van der Waals surface area contributed by atoms with Gasteiger partial charge in [-0.25, -0.2) is 9.59 Å². The molecule has 2 unspecified atom stereocenters. The highest BCUT2D eigenvalue weighted by molar-refractivity contribution is 7.81. The SMILES string of the molecule is C=CCOC(=O)N1CC(C[C@@H]2C[C@H](S)CN2C(=O)OCC=C)CC1C(=O)N(C)C. The number of hydrogen-bond donors (Lipinski definition) is 1. The van der Waals surface area contributed by atoms with Crippen LogP contribution >= 0.6 is 12.6 Å². The minimum Gasteiger partial charge on any atom is -0.445 e. The Labute approximate surface area is 177 Å². The van der Waals surface area contributed by atoms with Crippen molar-refractivity contribution in [3.05, 3.63) is 25.3 Å². The largest absolute Gasteiger partial charge is 0.445 e. The van der Waals surface area contributed by atoms with Gasteiger partial charge in [0.15, 0.2) is 0 Å². The quantitative estimate of drug-likeness (QED) is 0.500. The lowest BCUT2D eigenvalue weighted by Gasteiger charge is -2.26. The Bertz CT molecular complexity index is 642. The second-order valence-electron chi connectivity index (χ2n) is 7.67. The second kappa shape index (κ2) is 10.6. The van der Waals surface area contributed by atoms with Gasteiger partial charge in [-0.05, 0) is 25.2 Å². The molecule has 2 fully saturated rings. The molecule has 0 saturated carbocycles. The number of ether oxygens (including phenoxy) is 2. The minimum absolute atomic E-state index is 0.0425. The van der Waals surface area contributed by atoms with Crippen LogP contribution in [0.2, 0.25) is 0 Å². The lowest BCUT2D eigenvalue weighted by Crippen LogP contribution is -2.45. The number of thiol groups is 1. The molecule has 0 N–H and O–H groups in total. The van der Waals surface area contributed by atoms with Crippen LogP contribution in [0.1, 0.15) is 19.3 Å². The number of rotatable bonds is 7. The molecule has 0 bridgehead atoms. The van der Waals surface area contributed by atoms with Crippen LogP contribution in [0.15, 0.2) is 25.3 Å². The molecule has 162 valence electrons. The first-order valence-corrected chi connectivity index (χ1v) is 10.3. The van der Waals surface area contributed by atoms with Crippen molar-refractivity contribution in [2.45, 2.75) is 36.6 Å². The van der Waals surface area contributed by atoms with Gasteiger partial charge in [0.1, 0.15) is 19.3 Å². The summed E-state index contributed by atoms with van der Waals surface area (Å²) in [5.41, 5.74) is 0. The van der Waals surface area contributed by atoms with Gasteiger partial charge in [-0.3, -0.25) is 9.69 Å². The molecule has 29 heavy (non-hydrogen) atoms. The van der Waals surface area contributed by atoms with E-state index in [4.69, 9.17) is 9.47 Å². The summed E-state index contributed by atoms with van der Waals surface area (Å²) in [4.78, 5) is 42.1. The molecule has 3 amide bonds. The lowest BCUT2D eigenvalue weighted by atomic mass is 9.95. The van der Waals surface area contributed by atoms with Crippen LogP contribution in [-0.4, -0.2) is 90.5 Å². The Morgan fingerprint density at radius 3 is 2.17 bits per heavy atom. The van der Waals surface area contributed by atoms with E-state index in [1.807, 2.05) is 0 Å². The Hall–Kier alpha value is -2.16. The van der Waals surface area contributed by atoms with Gasteiger partial charge in [-0.1, -0.05) is 25.3 Å². The highest BCUT2D eigenvalue weighted by Crippen LogP contribution is 2.34. The monoisotopic (exact) mass is 425 g/mol. The fourth-order valence-electron chi connectivity index (χ4n) is 3.98. The fraction of sp³-hybridized carbons (Fsp3) is 0.650. The van der Waals surface area contributed by atoms with Crippen molar-refractivity contribution >= 4 is 30.7 Å². The summed E-state index contributed by atoms with van der Waals surface area (Å²) in [6.07, 6.45) is 4.07. The lowest BCUT2D eigenvalue weighted by molar-refractivity contribution is -0.133. The maximum atomic E-state index is 12.6. The molecular formula is C20H31N3O5S. The molecule has 0 aromatic rings. The Morgan fingerprint density at radius 2 is 1.62 bits per heavy atom. The van der Waals surface area contributed by atoms with Crippen LogP contribution in [0.4, 0.5) is 9.59 Å². The van der Waals surface area contributed by atoms with Crippen LogP contribution in [0.3, 0.4) is 0 Å². The first kappa shape index (κ1) is 23.1. The summed E-state index contributed by atoms with van der Waals surface area (Å²) in [6.45, 7) is 8.28. The van der Waals surface area contributed by atoms with Crippen molar-refractivity contribution in [1.82, 2.24) is 14.7 Å². The molecule has 0 spiro atoms. The molecule has 0 radical (unpaired) electrons. The average molecular weight is 426 g/mol. The van der Waals surface area contributed by atoms with E-state index < -0.39 is 12.1 Å². The van der Waals surface area contributed by atoms with Gasteiger partial charge in [-0.2, -0.15) is 12.6 Å². The molecule has 2 aliphatic rings. The second-order valence-corrected chi connectivity index (χ2v) is 8.40. The zero-order chi connectivity index (χ0) is 21.6. The summed E-state index contributed by atoms with van der Waals surface area (Å²) in [6, 6.07) is -0.610. The topological polar surface area (TPSA) is 79.4 Å². The fourth-order valence-corrected chi connectivity index (χ4v) is 4.40. The van der Waals surface area contributed by atoms with Crippen molar-refractivity contribution in [2.24, 2.45) is 5.92 Å². The summed E-state index contributed by atoms with van der Waals surface area (Å²) in [5, 5.41) is 0.0746. The van der Waals surface area contributed by atoms with E-state index in [-0.39, 0.29) is 42.4 Å². The Kier molecular flexibility index (Phi) is 8.43. The molecular weight excluding hydrogens is 394 g/mol. The first-order chi connectivity index (χ1) is 13.8. The summed E-state index contributed by atoms with van der Waals surface area (Å²) in [7, 11) is 3.34. The molecule has 9 heteroatoms. The Morgan fingerprint density at radius 1 is 1.03 bits per heavy atom. The third-order valence-corrected chi connectivity index (χ3v) is 5.60. The van der Waals surface area contributed by atoms with Gasteiger partial charge < -0.3 is 19.3 Å². The number of nitrogens with zero attached hydrogens (tertiary/aromatic N) is 3. The van der Waals surface area contributed by atoms with Gasteiger partial charge in [0, 0.05) is 38.5 Å². The molecule has 2 saturated heterocycles. The van der Waals surface area contributed by atoms with Crippen molar-refractivity contribution < 1.29 is 23.9 Å². The van der Waals surface area contributed by atoms with Gasteiger partial charge in [0.05, 0.1) is 0 Å². The molecule has 0 aromatic heterocycles. The maximum absolute atomic E-state index is 12.6. The third-order valence-electron chi connectivity index (χ3n) is 5.23. The summed E-state index contributed by atoms with van der Waals surface area (Å²) < 4.78 is 10.4. The van der Waals surface area contributed by atoms with Gasteiger partial charge in [-0.15, -0.1) is 0 Å². The van der Waals surface area contributed by atoms with E-state index in [0.29, 0.717) is 25.9 Å². The smallest absolute Gasteiger partial charge is 0.410 e. The highest BCUT2D eigenvalue weighted by Gasteiger charge is 2.44. The van der Waals surface area contributed by atoms with E-state index in [1.165, 1.54) is 22.0 Å². The van der Waals surface area contributed by atoms with Crippen LogP contribution in [0.25, 0.3) is 0 Å². The average Bonchev–Trinajstić information content (AvgIpc) is 3.27. The molecule has 0 aliphatic carbocycles. The van der Waals surface area contributed by atoms with Gasteiger partial charge in [0.2, 0.25) is 5.91 Å². The number of hydrogen-bond acceptors (Lipinski definition) is 6.